The van der Waals surface area contributed by atoms with Gasteiger partial charge < -0.3 is 4.74 Å². The normalized spacial score (nSPS) is 17.6. The van der Waals surface area contributed by atoms with Gasteiger partial charge in [0.05, 0.1) is 12.6 Å². The highest BCUT2D eigenvalue weighted by Crippen LogP contribution is 2.23. The molecule has 2 aromatic rings. The van der Waals surface area contributed by atoms with Crippen molar-refractivity contribution >= 4 is 0 Å². The van der Waals surface area contributed by atoms with E-state index in [2.05, 4.69) is 29.6 Å². The fraction of sp³-hybridized carbons (Fsp3) is 0.471. The predicted octanol–water partition coefficient (Wildman–Crippen LogP) is 3.20. The zero-order chi connectivity index (χ0) is 15.4. The summed E-state index contributed by atoms with van der Waals surface area (Å²) in [6, 6.07) is 6.11. The van der Waals surface area contributed by atoms with E-state index in [0.29, 0.717) is 11.9 Å². The van der Waals surface area contributed by atoms with Gasteiger partial charge in [-0.1, -0.05) is 17.7 Å². The third-order valence-electron chi connectivity index (χ3n) is 3.77. The van der Waals surface area contributed by atoms with Crippen LogP contribution in [0.1, 0.15) is 38.6 Å². The molecule has 3 rings (SSSR count). The monoisotopic (exact) mass is 298 g/mol. The van der Waals surface area contributed by atoms with Gasteiger partial charge in [0.15, 0.2) is 5.82 Å². The summed E-state index contributed by atoms with van der Waals surface area (Å²) < 4.78 is 7.56. The highest BCUT2D eigenvalue weighted by Gasteiger charge is 2.23. The van der Waals surface area contributed by atoms with Crippen molar-refractivity contribution in [3.8, 4) is 11.5 Å². The molecule has 0 aromatic carbocycles. The number of nitrogens with zero attached hydrogens (tertiary/aromatic N) is 4. The summed E-state index contributed by atoms with van der Waals surface area (Å²) in [5.74, 6) is 1.73. The smallest absolute Gasteiger partial charge is 0.200 e. The van der Waals surface area contributed by atoms with E-state index in [1.54, 1.807) is 6.20 Å². The fourth-order valence-electron chi connectivity index (χ4n) is 2.63. The van der Waals surface area contributed by atoms with E-state index in [1.165, 1.54) is 5.57 Å². The van der Waals surface area contributed by atoms with Gasteiger partial charge in [0.25, 0.3) is 0 Å². The maximum atomic E-state index is 5.51. The number of rotatable bonds is 5. The van der Waals surface area contributed by atoms with Gasteiger partial charge in [0, 0.05) is 19.2 Å². The molecule has 1 atom stereocenters. The number of aromatic nitrogens is 4. The van der Waals surface area contributed by atoms with Crippen molar-refractivity contribution in [1.82, 2.24) is 19.7 Å². The first-order valence-electron chi connectivity index (χ1n) is 7.82. The summed E-state index contributed by atoms with van der Waals surface area (Å²) in [5.41, 5.74) is 2.16. The first-order valence-corrected chi connectivity index (χ1v) is 7.82. The molecule has 1 aliphatic heterocycles. The fourth-order valence-corrected chi connectivity index (χ4v) is 2.63. The number of pyridine rings is 1. The molecule has 1 saturated heterocycles. The molecule has 1 fully saturated rings. The summed E-state index contributed by atoms with van der Waals surface area (Å²) >= 11 is 0. The second-order valence-electron chi connectivity index (χ2n) is 5.85. The summed E-state index contributed by atoms with van der Waals surface area (Å²) in [4.78, 5) is 9.08. The van der Waals surface area contributed by atoms with E-state index in [4.69, 9.17) is 14.8 Å². The Labute approximate surface area is 131 Å². The zero-order valence-electron chi connectivity index (χ0n) is 13.2. The number of allylic oxidation sites excluding steroid dienone is 2. The molecule has 0 saturated carbocycles. The van der Waals surface area contributed by atoms with Crippen LogP contribution in [0.25, 0.3) is 11.5 Å². The third kappa shape index (κ3) is 3.42. The van der Waals surface area contributed by atoms with Crippen LogP contribution in [0.3, 0.4) is 0 Å². The number of hydrogen-bond acceptors (Lipinski definition) is 4. The van der Waals surface area contributed by atoms with Crippen molar-refractivity contribution in [3.05, 3.63) is 41.9 Å². The van der Waals surface area contributed by atoms with E-state index in [0.717, 1.165) is 44.0 Å². The summed E-state index contributed by atoms with van der Waals surface area (Å²) in [7, 11) is 0. The summed E-state index contributed by atoms with van der Waals surface area (Å²) in [6.07, 6.45) is 6.89. The first-order chi connectivity index (χ1) is 10.7. The van der Waals surface area contributed by atoms with Gasteiger partial charge in [-0.15, -0.1) is 5.10 Å². The second kappa shape index (κ2) is 6.83. The molecule has 0 N–H and O–H groups in total. The highest BCUT2D eigenvalue weighted by atomic mass is 16.5. The van der Waals surface area contributed by atoms with Gasteiger partial charge in [-0.2, -0.15) is 0 Å². The average molecular weight is 298 g/mol. The SMILES string of the molecule is CC(C)=CCCc1nc(-c2ccccn2)nn1C1CCOC1. The zero-order valence-corrected chi connectivity index (χ0v) is 13.2. The molecule has 5 heteroatoms. The van der Waals surface area contributed by atoms with Crippen molar-refractivity contribution < 1.29 is 4.74 Å². The minimum atomic E-state index is 0.298. The summed E-state index contributed by atoms with van der Waals surface area (Å²) in [6.45, 7) is 5.77. The molecule has 0 radical (unpaired) electrons. The molecule has 1 aliphatic rings. The molecule has 0 bridgehead atoms. The van der Waals surface area contributed by atoms with E-state index in [-0.39, 0.29) is 0 Å². The maximum Gasteiger partial charge on any atom is 0.200 e. The molecule has 5 nitrogen and oxygen atoms in total. The van der Waals surface area contributed by atoms with Gasteiger partial charge in [-0.3, -0.25) is 4.98 Å². The van der Waals surface area contributed by atoms with Crippen LogP contribution in [0.2, 0.25) is 0 Å². The quantitative estimate of drug-likeness (QED) is 0.795. The highest BCUT2D eigenvalue weighted by molar-refractivity contribution is 5.47. The molecular formula is C17H22N4O. The lowest BCUT2D eigenvalue weighted by Crippen LogP contribution is -2.14. The molecular weight excluding hydrogens is 276 g/mol. The van der Waals surface area contributed by atoms with Crippen molar-refractivity contribution in [1.29, 1.82) is 0 Å². The van der Waals surface area contributed by atoms with Gasteiger partial charge in [-0.05, 0) is 38.8 Å². The second-order valence-corrected chi connectivity index (χ2v) is 5.85. The largest absolute Gasteiger partial charge is 0.379 e. The van der Waals surface area contributed by atoms with Crippen molar-refractivity contribution in [2.75, 3.05) is 13.2 Å². The number of hydrogen-bond donors (Lipinski definition) is 0. The summed E-state index contributed by atoms with van der Waals surface area (Å²) in [5, 5.41) is 4.70. The van der Waals surface area contributed by atoms with Gasteiger partial charge >= 0.3 is 0 Å². The molecule has 3 heterocycles. The van der Waals surface area contributed by atoms with Crippen molar-refractivity contribution in [3.63, 3.8) is 0 Å². The molecule has 0 aliphatic carbocycles. The Balaban J connectivity index is 1.88. The Morgan fingerprint density at radius 3 is 3.00 bits per heavy atom. The van der Waals surface area contributed by atoms with E-state index < -0.39 is 0 Å². The van der Waals surface area contributed by atoms with Gasteiger partial charge in [-0.25, -0.2) is 9.67 Å². The van der Waals surface area contributed by atoms with Crippen molar-refractivity contribution in [2.45, 2.75) is 39.2 Å². The van der Waals surface area contributed by atoms with Crippen LogP contribution in [0.15, 0.2) is 36.0 Å². The predicted molar refractivity (Wildman–Crippen MR) is 85.5 cm³/mol. The molecule has 116 valence electrons. The lowest BCUT2D eigenvalue weighted by molar-refractivity contribution is 0.184. The van der Waals surface area contributed by atoms with E-state index in [1.807, 2.05) is 18.2 Å². The van der Waals surface area contributed by atoms with Crippen LogP contribution in [0.4, 0.5) is 0 Å². The first kappa shape index (κ1) is 14.9. The number of ether oxygens (including phenoxy) is 1. The van der Waals surface area contributed by atoms with E-state index >= 15 is 0 Å². The van der Waals surface area contributed by atoms with Crippen molar-refractivity contribution in [2.24, 2.45) is 0 Å². The number of aryl methyl sites for hydroxylation is 1. The minimum absolute atomic E-state index is 0.298. The Bertz CT molecular complexity index is 638. The van der Waals surface area contributed by atoms with Crippen LogP contribution in [-0.2, 0) is 11.2 Å². The van der Waals surface area contributed by atoms with Gasteiger partial charge in [0.1, 0.15) is 11.5 Å². The molecule has 0 spiro atoms. The lowest BCUT2D eigenvalue weighted by atomic mass is 10.2. The van der Waals surface area contributed by atoms with Crippen LogP contribution in [0.5, 0.6) is 0 Å². The Morgan fingerprint density at radius 2 is 2.32 bits per heavy atom. The topological polar surface area (TPSA) is 52.8 Å². The lowest BCUT2D eigenvalue weighted by Gasteiger charge is -2.10. The molecule has 0 amide bonds. The molecule has 22 heavy (non-hydrogen) atoms. The molecule has 2 aromatic heterocycles. The molecule has 1 unspecified atom stereocenters. The Morgan fingerprint density at radius 1 is 1.41 bits per heavy atom. The maximum absolute atomic E-state index is 5.51. The van der Waals surface area contributed by atoms with Crippen LogP contribution in [0, 0.1) is 0 Å². The third-order valence-corrected chi connectivity index (χ3v) is 3.77. The minimum Gasteiger partial charge on any atom is -0.379 e. The Kier molecular flexibility index (Phi) is 4.63. The van der Waals surface area contributed by atoms with Crippen LogP contribution in [-0.4, -0.2) is 33.0 Å². The van der Waals surface area contributed by atoms with Crippen LogP contribution >= 0.6 is 0 Å². The standard InChI is InChI=1S/C17H22N4O/c1-13(2)6-5-8-16-19-17(15-7-3-4-10-18-15)20-21(16)14-9-11-22-12-14/h3-4,6-7,10,14H,5,8-9,11-12H2,1-2H3. The Hall–Kier alpha value is -2.01. The van der Waals surface area contributed by atoms with E-state index in [9.17, 15) is 0 Å². The average Bonchev–Trinajstić information content (AvgIpc) is 3.16. The van der Waals surface area contributed by atoms with Crippen LogP contribution < -0.4 is 0 Å². The van der Waals surface area contributed by atoms with Gasteiger partial charge in [0.2, 0.25) is 0 Å².